The minimum Gasteiger partial charge on any atom is -0.383 e. The van der Waals surface area contributed by atoms with E-state index in [1.54, 1.807) is 7.11 Å². The van der Waals surface area contributed by atoms with E-state index in [2.05, 4.69) is 34.3 Å². The smallest absolute Gasteiger partial charge is 0.229 e. The fourth-order valence-electron chi connectivity index (χ4n) is 2.54. The van der Waals surface area contributed by atoms with E-state index < -0.39 is 0 Å². The van der Waals surface area contributed by atoms with E-state index >= 15 is 0 Å². The molecule has 1 unspecified atom stereocenters. The molecule has 1 aromatic carbocycles. The average Bonchev–Trinajstić information content (AvgIpc) is 2.55. The van der Waals surface area contributed by atoms with Crippen molar-refractivity contribution < 1.29 is 4.74 Å². The Morgan fingerprint density at radius 3 is 2.91 bits per heavy atom. The summed E-state index contributed by atoms with van der Waals surface area (Å²) in [5, 5.41) is 3.24. The normalized spacial score (nSPS) is 14.5. The topological polar surface area (TPSA) is 50.3 Å². The van der Waals surface area contributed by atoms with Crippen molar-refractivity contribution in [1.29, 1.82) is 0 Å². The second-order valence-corrected chi connectivity index (χ2v) is 5.32. The van der Waals surface area contributed by atoms with Gasteiger partial charge >= 0.3 is 0 Å². The molecule has 1 aromatic heterocycles. The van der Waals surface area contributed by atoms with Crippen molar-refractivity contribution in [3.63, 3.8) is 0 Å². The van der Waals surface area contributed by atoms with Crippen LogP contribution in [0, 0.1) is 0 Å². The van der Waals surface area contributed by atoms with Crippen LogP contribution in [0.15, 0.2) is 42.6 Å². The minimum absolute atomic E-state index is 0.258. The summed E-state index contributed by atoms with van der Waals surface area (Å²) in [6.07, 6.45) is 6.05. The van der Waals surface area contributed by atoms with Gasteiger partial charge in [0.15, 0.2) is 0 Å². The van der Waals surface area contributed by atoms with Gasteiger partial charge in [0, 0.05) is 31.1 Å². The SMILES string of the molecule is COCC(C)N1CC=Cc2cnc(Nc3ccccc3)nc21. The van der Waals surface area contributed by atoms with Gasteiger partial charge in [-0.15, -0.1) is 0 Å². The van der Waals surface area contributed by atoms with Gasteiger partial charge in [-0.3, -0.25) is 0 Å². The van der Waals surface area contributed by atoms with Crippen molar-refractivity contribution in [2.45, 2.75) is 13.0 Å². The molecule has 1 aliphatic rings. The summed E-state index contributed by atoms with van der Waals surface area (Å²) in [7, 11) is 1.72. The van der Waals surface area contributed by atoms with E-state index in [0.29, 0.717) is 12.6 Å². The molecule has 1 N–H and O–H groups in total. The Morgan fingerprint density at radius 2 is 2.14 bits per heavy atom. The molecule has 2 aromatic rings. The number of anilines is 3. The molecule has 22 heavy (non-hydrogen) atoms. The fourth-order valence-corrected chi connectivity index (χ4v) is 2.54. The number of hydrogen-bond donors (Lipinski definition) is 1. The third kappa shape index (κ3) is 3.09. The van der Waals surface area contributed by atoms with Crippen molar-refractivity contribution in [3.05, 3.63) is 48.2 Å². The lowest BCUT2D eigenvalue weighted by atomic mass is 10.1. The number of nitrogens with one attached hydrogen (secondary N) is 1. The van der Waals surface area contributed by atoms with Crippen molar-refractivity contribution in [2.24, 2.45) is 0 Å². The van der Waals surface area contributed by atoms with Gasteiger partial charge in [0.2, 0.25) is 5.95 Å². The third-order valence-corrected chi connectivity index (χ3v) is 3.64. The van der Waals surface area contributed by atoms with Crippen LogP contribution in [0.4, 0.5) is 17.5 Å². The van der Waals surface area contributed by atoms with Crippen LogP contribution in [0.25, 0.3) is 6.08 Å². The zero-order valence-electron chi connectivity index (χ0n) is 12.9. The third-order valence-electron chi connectivity index (χ3n) is 3.64. The lowest BCUT2D eigenvalue weighted by molar-refractivity contribution is 0.182. The zero-order chi connectivity index (χ0) is 15.4. The van der Waals surface area contributed by atoms with Crippen molar-refractivity contribution in [2.75, 3.05) is 30.5 Å². The molecule has 1 aliphatic heterocycles. The predicted molar refractivity (Wildman–Crippen MR) is 89.5 cm³/mol. The summed E-state index contributed by atoms with van der Waals surface area (Å²) in [6, 6.07) is 10.2. The Kier molecular flexibility index (Phi) is 4.34. The van der Waals surface area contributed by atoms with Crippen LogP contribution in [-0.2, 0) is 4.74 Å². The second-order valence-electron chi connectivity index (χ2n) is 5.32. The Bertz CT molecular complexity index is 657. The molecule has 2 heterocycles. The Balaban J connectivity index is 1.87. The first kappa shape index (κ1) is 14.5. The van der Waals surface area contributed by atoms with Gasteiger partial charge in [-0.2, -0.15) is 4.98 Å². The molecular weight excluding hydrogens is 276 g/mol. The monoisotopic (exact) mass is 296 g/mol. The van der Waals surface area contributed by atoms with E-state index in [-0.39, 0.29) is 6.04 Å². The zero-order valence-corrected chi connectivity index (χ0v) is 12.9. The fraction of sp³-hybridized carbons (Fsp3) is 0.294. The molecule has 0 fully saturated rings. The van der Waals surface area contributed by atoms with E-state index in [1.165, 1.54) is 0 Å². The number of aromatic nitrogens is 2. The lowest BCUT2D eigenvalue weighted by Crippen LogP contribution is -2.38. The minimum atomic E-state index is 0.258. The van der Waals surface area contributed by atoms with Crippen LogP contribution in [0.2, 0.25) is 0 Å². The van der Waals surface area contributed by atoms with Crippen molar-refractivity contribution in [3.8, 4) is 0 Å². The van der Waals surface area contributed by atoms with Gasteiger partial charge in [-0.05, 0) is 19.1 Å². The average molecular weight is 296 g/mol. The molecule has 0 saturated heterocycles. The molecule has 1 atom stereocenters. The molecule has 0 bridgehead atoms. The summed E-state index contributed by atoms with van der Waals surface area (Å²) in [5.41, 5.74) is 2.01. The molecule has 0 radical (unpaired) electrons. The highest BCUT2D eigenvalue weighted by Gasteiger charge is 2.21. The summed E-state index contributed by atoms with van der Waals surface area (Å²) in [6.45, 7) is 3.64. The van der Waals surface area contributed by atoms with Crippen LogP contribution in [-0.4, -0.2) is 36.3 Å². The number of nitrogens with zero attached hydrogens (tertiary/aromatic N) is 3. The molecule has 114 valence electrons. The largest absolute Gasteiger partial charge is 0.383 e. The summed E-state index contributed by atoms with van der Waals surface area (Å²) in [5.74, 6) is 1.55. The van der Waals surface area contributed by atoms with Crippen molar-refractivity contribution in [1.82, 2.24) is 9.97 Å². The first-order valence-corrected chi connectivity index (χ1v) is 7.39. The summed E-state index contributed by atoms with van der Waals surface area (Å²) >= 11 is 0. The quantitative estimate of drug-likeness (QED) is 0.919. The van der Waals surface area contributed by atoms with Gasteiger partial charge in [0.1, 0.15) is 5.82 Å². The molecule has 5 nitrogen and oxygen atoms in total. The van der Waals surface area contributed by atoms with Gasteiger partial charge in [0.05, 0.1) is 12.6 Å². The number of fused-ring (bicyclic) bond motifs is 1. The number of methoxy groups -OCH3 is 1. The Hall–Kier alpha value is -2.40. The van der Waals surface area contributed by atoms with Crippen LogP contribution in [0.1, 0.15) is 12.5 Å². The maximum atomic E-state index is 5.27. The van der Waals surface area contributed by atoms with Crippen LogP contribution >= 0.6 is 0 Å². The first-order chi connectivity index (χ1) is 10.8. The van der Waals surface area contributed by atoms with Gasteiger partial charge < -0.3 is 15.0 Å². The van der Waals surface area contributed by atoms with Crippen LogP contribution in [0.3, 0.4) is 0 Å². The van der Waals surface area contributed by atoms with Gasteiger partial charge in [-0.1, -0.05) is 30.4 Å². The highest BCUT2D eigenvalue weighted by Crippen LogP contribution is 2.26. The lowest BCUT2D eigenvalue weighted by Gasteiger charge is -2.32. The maximum Gasteiger partial charge on any atom is 0.229 e. The summed E-state index contributed by atoms with van der Waals surface area (Å²) in [4.78, 5) is 11.3. The number of ether oxygens (including phenoxy) is 1. The number of hydrogen-bond acceptors (Lipinski definition) is 5. The van der Waals surface area contributed by atoms with Crippen molar-refractivity contribution >= 4 is 23.5 Å². The number of rotatable bonds is 5. The molecular formula is C17H20N4O. The Labute approximate surface area is 130 Å². The summed E-state index contributed by atoms with van der Waals surface area (Å²) < 4.78 is 5.27. The van der Waals surface area contributed by atoms with E-state index in [9.17, 15) is 0 Å². The predicted octanol–water partition coefficient (Wildman–Crippen LogP) is 3.09. The molecule has 0 saturated carbocycles. The molecule has 5 heteroatoms. The standard InChI is InChI=1S/C17H20N4O/c1-13(12-22-2)21-10-6-7-14-11-18-17(20-16(14)21)19-15-8-4-3-5-9-15/h3-9,11,13H,10,12H2,1-2H3,(H,18,19,20). The Morgan fingerprint density at radius 1 is 1.32 bits per heavy atom. The highest BCUT2D eigenvalue weighted by atomic mass is 16.5. The molecule has 0 spiro atoms. The highest BCUT2D eigenvalue weighted by molar-refractivity contribution is 5.69. The van der Waals surface area contributed by atoms with E-state index in [1.807, 2.05) is 36.5 Å². The number of para-hydroxylation sites is 1. The van der Waals surface area contributed by atoms with Gasteiger partial charge in [0.25, 0.3) is 0 Å². The molecule has 0 amide bonds. The molecule has 3 rings (SSSR count). The van der Waals surface area contributed by atoms with Gasteiger partial charge in [-0.25, -0.2) is 4.98 Å². The van der Waals surface area contributed by atoms with Crippen LogP contribution < -0.4 is 10.2 Å². The first-order valence-electron chi connectivity index (χ1n) is 7.39. The van der Waals surface area contributed by atoms with Crippen LogP contribution in [0.5, 0.6) is 0 Å². The van der Waals surface area contributed by atoms with E-state index in [4.69, 9.17) is 9.72 Å². The van der Waals surface area contributed by atoms with E-state index in [0.717, 1.165) is 23.6 Å². The number of benzene rings is 1. The second kappa shape index (κ2) is 6.58. The molecule has 0 aliphatic carbocycles. The maximum absolute atomic E-state index is 5.27.